The number of benzene rings is 1. The van der Waals surface area contributed by atoms with Crippen LogP contribution in [0.5, 0.6) is 0 Å². The van der Waals surface area contributed by atoms with E-state index >= 15 is 0 Å². The summed E-state index contributed by atoms with van der Waals surface area (Å²) in [7, 11) is 0.700. The van der Waals surface area contributed by atoms with Crippen LogP contribution in [0, 0.1) is 0 Å². The lowest BCUT2D eigenvalue weighted by atomic mass is 10.2. The third-order valence-corrected chi connectivity index (χ3v) is 5.98. The third kappa shape index (κ3) is 2.90. The Kier molecular flexibility index (Phi) is 3.79. The molecule has 7 nitrogen and oxygen atoms in total. The smallest absolute Gasteiger partial charge is 0.408 e. The number of carbonyl (C=O) groups excluding carboxylic acids is 1. The van der Waals surface area contributed by atoms with Crippen molar-refractivity contribution in [3.63, 3.8) is 0 Å². The summed E-state index contributed by atoms with van der Waals surface area (Å²) in [5.41, 5.74) is 1.65. The van der Waals surface area contributed by atoms with Crippen LogP contribution in [-0.2, 0) is 17.8 Å². The summed E-state index contributed by atoms with van der Waals surface area (Å²) in [6.07, 6.45) is 0. The molecule has 124 valence electrons. The van der Waals surface area contributed by atoms with Gasteiger partial charge in [0.1, 0.15) is 0 Å². The molecule has 2 heterocycles. The molecule has 1 aromatic heterocycles. The van der Waals surface area contributed by atoms with Gasteiger partial charge in [-0.2, -0.15) is 0 Å². The van der Waals surface area contributed by atoms with E-state index in [1.54, 1.807) is 30.1 Å². The van der Waals surface area contributed by atoms with Crippen LogP contribution in [0.3, 0.4) is 0 Å². The maximum atomic E-state index is 12.4. The van der Waals surface area contributed by atoms with Crippen molar-refractivity contribution in [2.24, 2.45) is 7.05 Å². The average Bonchev–Trinajstić information content (AvgIpc) is 2.76. The molecule has 8 heteroatoms. The van der Waals surface area contributed by atoms with Crippen molar-refractivity contribution in [3.8, 4) is 0 Å². The topological polar surface area (TPSA) is 84.6 Å². The molecule has 0 radical (unpaired) electrons. The van der Waals surface area contributed by atoms with Gasteiger partial charge in [0.15, 0.2) is 5.58 Å². The molecule has 1 aliphatic rings. The van der Waals surface area contributed by atoms with Crippen molar-refractivity contribution >= 4 is 33.6 Å². The molecule has 1 atom stereocenters. The monoisotopic (exact) mass is 337 g/mol. The first-order valence-electron chi connectivity index (χ1n) is 7.32. The first-order chi connectivity index (χ1) is 10.8. The van der Waals surface area contributed by atoms with Crippen molar-refractivity contribution in [2.75, 3.05) is 24.2 Å². The zero-order chi connectivity index (χ0) is 16.8. The summed E-state index contributed by atoms with van der Waals surface area (Å²) >= 11 is 0. The number of hydrogen-bond donors (Lipinski definition) is 1. The molecule has 2 aromatic rings. The van der Waals surface area contributed by atoms with Gasteiger partial charge in [0.2, 0.25) is 0 Å². The summed E-state index contributed by atoms with van der Waals surface area (Å²) in [4.78, 5) is 25.5. The SMILES string of the molecule is Cn1c(=O)oc2cc(NC(=O)N3CCS(=O)C(C)(C)C3)ccc21. The summed E-state index contributed by atoms with van der Waals surface area (Å²) in [5, 5.41) is 2.80. The first-order valence-corrected chi connectivity index (χ1v) is 8.64. The Morgan fingerprint density at radius 1 is 1.39 bits per heavy atom. The Balaban J connectivity index is 1.78. The van der Waals surface area contributed by atoms with E-state index in [4.69, 9.17) is 4.42 Å². The quantitative estimate of drug-likeness (QED) is 0.855. The fourth-order valence-corrected chi connectivity index (χ4v) is 3.91. The summed E-state index contributed by atoms with van der Waals surface area (Å²) < 4.78 is 18.0. The molecule has 3 rings (SSSR count). The predicted molar refractivity (Wildman–Crippen MR) is 89.1 cm³/mol. The molecular weight excluding hydrogens is 318 g/mol. The number of anilines is 1. The minimum absolute atomic E-state index is 0.243. The zero-order valence-electron chi connectivity index (χ0n) is 13.3. The lowest BCUT2D eigenvalue weighted by molar-refractivity contribution is 0.207. The van der Waals surface area contributed by atoms with Crippen molar-refractivity contribution in [3.05, 3.63) is 28.7 Å². The van der Waals surface area contributed by atoms with E-state index in [1.807, 2.05) is 13.8 Å². The maximum Gasteiger partial charge on any atom is 0.419 e. The molecule has 0 bridgehead atoms. The predicted octanol–water partition coefficient (Wildman–Crippen LogP) is 1.51. The highest BCUT2D eigenvalue weighted by Crippen LogP contribution is 2.22. The first kappa shape index (κ1) is 15.8. The number of oxazole rings is 1. The van der Waals surface area contributed by atoms with E-state index in [0.717, 1.165) is 0 Å². The van der Waals surface area contributed by atoms with Gasteiger partial charge in [-0.25, -0.2) is 9.59 Å². The maximum absolute atomic E-state index is 12.4. The van der Waals surface area contributed by atoms with Gasteiger partial charge < -0.3 is 14.6 Å². The molecule has 1 N–H and O–H groups in total. The van der Waals surface area contributed by atoms with Crippen LogP contribution >= 0.6 is 0 Å². The number of hydrogen-bond acceptors (Lipinski definition) is 4. The van der Waals surface area contributed by atoms with Gasteiger partial charge in [0, 0.05) is 48.4 Å². The number of fused-ring (bicyclic) bond motifs is 1. The molecule has 1 aromatic carbocycles. The lowest BCUT2D eigenvalue weighted by Crippen LogP contribution is -2.53. The molecule has 1 fully saturated rings. The fraction of sp³-hybridized carbons (Fsp3) is 0.467. The van der Waals surface area contributed by atoms with Crippen molar-refractivity contribution in [1.29, 1.82) is 0 Å². The van der Waals surface area contributed by atoms with Crippen LogP contribution in [0.15, 0.2) is 27.4 Å². The Morgan fingerprint density at radius 3 is 2.83 bits per heavy atom. The molecule has 0 spiro atoms. The minimum Gasteiger partial charge on any atom is -0.408 e. The zero-order valence-corrected chi connectivity index (χ0v) is 14.1. The minimum atomic E-state index is -0.927. The number of urea groups is 1. The highest BCUT2D eigenvalue weighted by molar-refractivity contribution is 7.86. The van der Waals surface area contributed by atoms with E-state index < -0.39 is 21.3 Å². The Labute approximate surface area is 135 Å². The molecule has 1 unspecified atom stereocenters. The molecule has 0 aliphatic carbocycles. The molecular formula is C15H19N3O4S. The Morgan fingerprint density at radius 2 is 2.13 bits per heavy atom. The number of aromatic nitrogens is 1. The standard InChI is InChI=1S/C15H19N3O4S/c1-15(2)9-18(6-7-23(15)21)13(19)16-10-4-5-11-12(8-10)22-14(20)17(11)3/h4-5,8H,6-7,9H2,1-3H3,(H,16,19). The van der Waals surface area contributed by atoms with Crippen molar-refractivity contribution in [1.82, 2.24) is 9.47 Å². The lowest BCUT2D eigenvalue weighted by Gasteiger charge is -2.37. The van der Waals surface area contributed by atoms with E-state index in [-0.39, 0.29) is 6.03 Å². The molecule has 23 heavy (non-hydrogen) atoms. The number of nitrogens with zero attached hydrogens (tertiary/aromatic N) is 2. The molecule has 1 saturated heterocycles. The van der Waals surface area contributed by atoms with Gasteiger partial charge in [-0.3, -0.25) is 8.78 Å². The van der Waals surface area contributed by atoms with Crippen molar-refractivity contribution < 1.29 is 13.4 Å². The number of carbonyl (C=O) groups is 1. The summed E-state index contributed by atoms with van der Waals surface area (Å²) in [6.45, 7) is 4.69. The summed E-state index contributed by atoms with van der Waals surface area (Å²) in [5.74, 6) is 0.0382. The Hall–Kier alpha value is -2.09. The fourth-order valence-electron chi connectivity index (χ4n) is 2.67. The van der Waals surface area contributed by atoms with Crippen LogP contribution in [0.25, 0.3) is 11.1 Å². The average molecular weight is 337 g/mol. The van der Waals surface area contributed by atoms with E-state index in [2.05, 4.69) is 5.32 Å². The van der Waals surface area contributed by atoms with Crippen LogP contribution in [0.2, 0.25) is 0 Å². The highest BCUT2D eigenvalue weighted by Gasteiger charge is 2.35. The number of aryl methyl sites for hydroxylation is 1. The van der Waals surface area contributed by atoms with Gasteiger partial charge in [-0.15, -0.1) is 0 Å². The second-order valence-electron chi connectivity index (χ2n) is 6.27. The van der Waals surface area contributed by atoms with Crippen molar-refractivity contribution in [2.45, 2.75) is 18.6 Å². The Bertz CT molecular complexity index is 852. The van der Waals surface area contributed by atoms with Gasteiger partial charge in [-0.05, 0) is 26.0 Å². The second-order valence-corrected chi connectivity index (χ2v) is 8.48. The van der Waals surface area contributed by atoms with E-state index in [1.165, 1.54) is 4.57 Å². The third-order valence-electron chi connectivity index (χ3n) is 4.07. The molecule has 0 saturated carbocycles. The number of amides is 2. The molecule has 2 amide bonds. The summed E-state index contributed by atoms with van der Waals surface area (Å²) in [6, 6.07) is 4.84. The highest BCUT2D eigenvalue weighted by atomic mass is 32.2. The van der Waals surface area contributed by atoms with E-state index in [9.17, 15) is 13.8 Å². The largest absolute Gasteiger partial charge is 0.419 e. The second kappa shape index (κ2) is 5.52. The van der Waals surface area contributed by atoms with Crippen LogP contribution in [0.4, 0.5) is 10.5 Å². The van der Waals surface area contributed by atoms with Gasteiger partial charge in [-0.1, -0.05) is 0 Å². The van der Waals surface area contributed by atoms with Gasteiger partial charge >= 0.3 is 11.8 Å². The van der Waals surface area contributed by atoms with Crippen LogP contribution in [0.1, 0.15) is 13.8 Å². The van der Waals surface area contributed by atoms with E-state index in [0.29, 0.717) is 35.6 Å². The number of rotatable bonds is 1. The normalized spacial score (nSPS) is 20.7. The van der Waals surface area contributed by atoms with Gasteiger partial charge in [0.25, 0.3) is 0 Å². The van der Waals surface area contributed by atoms with Gasteiger partial charge in [0.05, 0.1) is 10.3 Å². The van der Waals surface area contributed by atoms with Crippen LogP contribution < -0.4 is 11.1 Å². The molecule has 1 aliphatic heterocycles. The van der Waals surface area contributed by atoms with Crippen LogP contribution in [-0.4, -0.2) is 43.3 Å². The number of nitrogens with one attached hydrogen (secondary N) is 1.